The fourth-order valence-electron chi connectivity index (χ4n) is 3.74. The molecule has 1 fully saturated rings. The smallest absolute Gasteiger partial charge is 0.321 e. The van der Waals surface area contributed by atoms with E-state index in [1.54, 1.807) is 10.9 Å². The Morgan fingerprint density at radius 1 is 1.18 bits per heavy atom. The molecule has 1 N–H and O–H groups in total. The number of likely N-dealkylation sites (tertiary alicyclic amines) is 1. The molecule has 1 aliphatic heterocycles. The van der Waals surface area contributed by atoms with E-state index in [9.17, 15) is 4.79 Å². The van der Waals surface area contributed by atoms with Gasteiger partial charge in [0.2, 0.25) is 0 Å². The lowest BCUT2D eigenvalue weighted by molar-refractivity contribution is 0.178. The fourth-order valence-corrected chi connectivity index (χ4v) is 3.74. The van der Waals surface area contributed by atoms with Crippen molar-refractivity contribution in [3.63, 3.8) is 0 Å². The normalized spacial score (nSPS) is 15.0. The Morgan fingerprint density at radius 2 is 2.04 bits per heavy atom. The van der Waals surface area contributed by atoms with E-state index in [0.29, 0.717) is 5.92 Å². The Morgan fingerprint density at radius 3 is 2.75 bits per heavy atom. The van der Waals surface area contributed by atoms with Crippen molar-refractivity contribution >= 4 is 11.7 Å². The van der Waals surface area contributed by atoms with Crippen LogP contribution in [0.5, 0.6) is 0 Å². The molecule has 2 aromatic heterocycles. The largest absolute Gasteiger partial charge is 0.335 e. The van der Waals surface area contributed by atoms with Gasteiger partial charge in [0.05, 0.1) is 5.69 Å². The predicted molar refractivity (Wildman–Crippen MR) is 108 cm³/mol. The summed E-state index contributed by atoms with van der Waals surface area (Å²) in [6.07, 6.45) is 10.8. The molecule has 0 unspecified atom stereocenters. The second-order valence-corrected chi connectivity index (χ2v) is 7.32. The van der Waals surface area contributed by atoms with E-state index in [4.69, 9.17) is 0 Å². The highest BCUT2D eigenvalue weighted by Gasteiger charge is 2.23. The van der Waals surface area contributed by atoms with E-state index in [1.807, 2.05) is 60.7 Å². The van der Waals surface area contributed by atoms with Crippen molar-refractivity contribution in [3.8, 4) is 5.69 Å². The summed E-state index contributed by atoms with van der Waals surface area (Å²) >= 11 is 0. The molecular formula is C21H26N6O. The topological polar surface area (TPSA) is 68.0 Å². The highest BCUT2D eigenvalue weighted by Crippen LogP contribution is 2.22. The van der Waals surface area contributed by atoms with Gasteiger partial charge in [-0.1, -0.05) is 6.07 Å². The summed E-state index contributed by atoms with van der Waals surface area (Å²) < 4.78 is 3.98. The Balaban J connectivity index is 1.27. The van der Waals surface area contributed by atoms with Crippen molar-refractivity contribution in [3.05, 3.63) is 60.9 Å². The van der Waals surface area contributed by atoms with Gasteiger partial charge in [-0.2, -0.15) is 5.10 Å². The molecule has 0 atom stereocenters. The van der Waals surface area contributed by atoms with Crippen LogP contribution in [0.1, 0.15) is 25.1 Å². The third-order valence-corrected chi connectivity index (χ3v) is 5.47. The highest BCUT2D eigenvalue weighted by atomic mass is 16.2. The monoisotopic (exact) mass is 378 g/mol. The summed E-state index contributed by atoms with van der Waals surface area (Å²) in [7, 11) is 0. The number of nitrogens with zero attached hydrogens (tertiary/aromatic N) is 5. The zero-order chi connectivity index (χ0) is 19.3. The van der Waals surface area contributed by atoms with Crippen LogP contribution in [0.2, 0.25) is 0 Å². The number of rotatable bonds is 5. The summed E-state index contributed by atoms with van der Waals surface area (Å²) in [6.45, 7) is 4.65. The average molecular weight is 378 g/mol. The van der Waals surface area contributed by atoms with Gasteiger partial charge in [0.25, 0.3) is 0 Å². The fraction of sp³-hybridized carbons (Fsp3) is 0.381. The molecule has 28 heavy (non-hydrogen) atoms. The third-order valence-electron chi connectivity index (χ3n) is 5.47. The van der Waals surface area contributed by atoms with Crippen LogP contribution in [-0.4, -0.2) is 43.4 Å². The van der Waals surface area contributed by atoms with Crippen LogP contribution in [0.25, 0.3) is 5.69 Å². The van der Waals surface area contributed by atoms with E-state index >= 15 is 0 Å². The molecule has 2 amide bonds. The predicted octanol–water partition coefficient (Wildman–Crippen LogP) is 3.71. The van der Waals surface area contributed by atoms with Crippen molar-refractivity contribution in [1.82, 2.24) is 24.2 Å². The molecular weight excluding hydrogens is 352 g/mol. The summed E-state index contributed by atoms with van der Waals surface area (Å²) in [5.41, 5.74) is 1.71. The van der Waals surface area contributed by atoms with Crippen molar-refractivity contribution in [2.75, 3.05) is 18.4 Å². The minimum absolute atomic E-state index is 0.0264. The maximum Gasteiger partial charge on any atom is 0.321 e. The van der Waals surface area contributed by atoms with Crippen molar-refractivity contribution in [1.29, 1.82) is 0 Å². The minimum Gasteiger partial charge on any atom is -0.335 e. The van der Waals surface area contributed by atoms with Crippen LogP contribution < -0.4 is 5.32 Å². The van der Waals surface area contributed by atoms with Gasteiger partial charge in [-0.05, 0) is 56.4 Å². The van der Waals surface area contributed by atoms with Gasteiger partial charge < -0.3 is 14.8 Å². The Bertz CT molecular complexity index is 909. The number of benzene rings is 1. The maximum atomic E-state index is 12.6. The molecule has 0 saturated carbocycles. The first-order chi connectivity index (χ1) is 13.7. The van der Waals surface area contributed by atoms with Crippen molar-refractivity contribution in [2.24, 2.45) is 5.92 Å². The van der Waals surface area contributed by atoms with E-state index in [-0.39, 0.29) is 6.03 Å². The SMILES string of the molecule is Cc1nccn1CCC1CCN(C(=O)Nc2cccc(-n3cccn3)c2)CC1. The molecule has 3 heterocycles. The Hall–Kier alpha value is -3.09. The molecule has 4 rings (SSSR count). The van der Waals surface area contributed by atoms with E-state index in [0.717, 1.165) is 56.1 Å². The first-order valence-electron chi connectivity index (χ1n) is 9.83. The number of anilines is 1. The number of hydrogen-bond acceptors (Lipinski definition) is 3. The molecule has 7 nitrogen and oxygen atoms in total. The summed E-state index contributed by atoms with van der Waals surface area (Å²) in [5, 5.41) is 7.26. The molecule has 146 valence electrons. The van der Waals surface area contributed by atoms with Crippen LogP contribution in [0.15, 0.2) is 55.1 Å². The molecule has 3 aromatic rings. The zero-order valence-electron chi connectivity index (χ0n) is 16.2. The first-order valence-corrected chi connectivity index (χ1v) is 9.83. The van der Waals surface area contributed by atoms with Crippen LogP contribution >= 0.6 is 0 Å². The third kappa shape index (κ3) is 4.24. The van der Waals surface area contributed by atoms with Gasteiger partial charge >= 0.3 is 6.03 Å². The molecule has 1 aliphatic rings. The molecule has 0 bridgehead atoms. The van der Waals surface area contributed by atoms with Crippen LogP contribution in [0, 0.1) is 12.8 Å². The van der Waals surface area contributed by atoms with Crippen molar-refractivity contribution < 1.29 is 4.79 Å². The van der Waals surface area contributed by atoms with Crippen LogP contribution in [0.3, 0.4) is 0 Å². The number of aromatic nitrogens is 4. The standard InChI is InChI=1S/C21H26N6O/c1-17-22-10-15-25(17)12-6-18-7-13-26(14-8-18)21(28)24-19-4-2-5-20(16-19)27-11-3-9-23-27/h2-5,9-11,15-16,18H,6-8,12-14H2,1H3,(H,24,28). The van der Waals surface area contributed by atoms with E-state index in [1.165, 1.54) is 0 Å². The van der Waals surface area contributed by atoms with Gasteiger partial charge in [0.1, 0.15) is 5.82 Å². The highest BCUT2D eigenvalue weighted by molar-refractivity contribution is 5.89. The second kappa shape index (κ2) is 8.29. The molecule has 0 aliphatic carbocycles. The molecule has 7 heteroatoms. The zero-order valence-corrected chi connectivity index (χ0v) is 16.2. The first kappa shape index (κ1) is 18.3. The number of nitrogens with one attached hydrogen (secondary N) is 1. The number of urea groups is 1. The van der Waals surface area contributed by atoms with Gasteiger partial charge in [0, 0.05) is 50.1 Å². The van der Waals surface area contributed by atoms with Crippen molar-refractivity contribution in [2.45, 2.75) is 32.7 Å². The molecule has 0 spiro atoms. The van der Waals surface area contributed by atoms with Gasteiger partial charge in [-0.15, -0.1) is 0 Å². The number of imidazole rings is 1. The molecule has 1 aromatic carbocycles. The lowest BCUT2D eigenvalue weighted by Crippen LogP contribution is -2.41. The quantitative estimate of drug-likeness (QED) is 0.736. The lowest BCUT2D eigenvalue weighted by atomic mass is 9.93. The van der Waals surface area contributed by atoms with Gasteiger partial charge in [-0.3, -0.25) is 0 Å². The Labute approximate surface area is 165 Å². The lowest BCUT2D eigenvalue weighted by Gasteiger charge is -2.32. The van der Waals surface area contributed by atoms with Gasteiger partial charge in [0.15, 0.2) is 0 Å². The number of amides is 2. The molecule has 0 radical (unpaired) electrons. The Kier molecular flexibility index (Phi) is 5.41. The summed E-state index contributed by atoms with van der Waals surface area (Å²) in [6, 6.07) is 9.59. The second-order valence-electron chi connectivity index (χ2n) is 7.32. The number of piperidine rings is 1. The average Bonchev–Trinajstić information content (AvgIpc) is 3.39. The van der Waals surface area contributed by atoms with Crippen LogP contribution in [0.4, 0.5) is 10.5 Å². The number of aryl methyl sites for hydroxylation is 2. The van der Waals surface area contributed by atoms with E-state index < -0.39 is 0 Å². The summed E-state index contributed by atoms with van der Waals surface area (Å²) in [4.78, 5) is 18.8. The molecule has 1 saturated heterocycles. The number of hydrogen-bond donors (Lipinski definition) is 1. The number of carbonyl (C=O) groups is 1. The summed E-state index contributed by atoms with van der Waals surface area (Å²) in [5.74, 6) is 1.73. The minimum atomic E-state index is -0.0264. The van der Waals surface area contributed by atoms with Gasteiger partial charge in [-0.25, -0.2) is 14.5 Å². The maximum absolute atomic E-state index is 12.6. The van der Waals surface area contributed by atoms with E-state index in [2.05, 4.69) is 20.0 Å². The number of carbonyl (C=O) groups excluding carboxylic acids is 1. The van der Waals surface area contributed by atoms with Crippen LogP contribution in [-0.2, 0) is 6.54 Å².